The van der Waals surface area contributed by atoms with E-state index in [4.69, 9.17) is 5.11 Å². The third-order valence-electron chi connectivity index (χ3n) is 2.17. The lowest BCUT2D eigenvalue weighted by molar-refractivity contribution is -0.134. The van der Waals surface area contributed by atoms with Gasteiger partial charge in [-0.1, -0.05) is 28.1 Å². The van der Waals surface area contributed by atoms with Crippen molar-refractivity contribution in [3.8, 4) is 0 Å². The van der Waals surface area contributed by atoms with E-state index in [0.29, 0.717) is 5.57 Å². The highest BCUT2D eigenvalue weighted by molar-refractivity contribution is 9.10. The number of amides is 1. The molecule has 1 amide bonds. The predicted octanol–water partition coefficient (Wildman–Crippen LogP) is 2.40. The molecule has 2 N–H and O–H groups in total. The van der Waals surface area contributed by atoms with E-state index < -0.39 is 11.9 Å². The van der Waals surface area contributed by atoms with Gasteiger partial charge in [-0.15, -0.1) is 0 Å². The van der Waals surface area contributed by atoms with Gasteiger partial charge in [-0.05, 0) is 30.2 Å². The third kappa shape index (κ3) is 3.71. The van der Waals surface area contributed by atoms with Crippen molar-refractivity contribution in [3.63, 3.8) is 0 Å². The average Bonchev–Trinajstić information content (AvgIpc) is 2.25. The number of aliphatic carboxylic acids is 1. The van der Waals surface area contributed by atoms with E-state index in [1.165, 1.54) is 6.92 Å². The molecule has 0 bridgehead atoms. The van der Waals surface area contributed by atoms with E-state index in [1.54, 1.807) is 19.1 Å². The summed E-state index contributed by atoms with van der Waals surface area (Å²) in [5.41, 5.74) is 1.17. The summed E-state index contributed by atoms with van der Waals surface area (Å²) in [7, 11) is 0. The molecule has 1 aromatic rings. The summed E-state index contributed by atoms with van der Waals surface area (Å²) in [6.45, 7) is 2.93. The molecule has 0 aliphatic rings. The normalized spacial score (nSPS) is 11.7. The fraction of sp³-hybridized carbons (Fsp3) is 0.167. The van der Waals surface area contributed by atoms with Crippen LogP contribution < -0.4 is 5.32 Å². The second kappa shape index (κ2) is 5.63. The Morgan fingerprint density at radius 2 is 1.71 bits per heavy atom. The summed E-state index contributed by atoms with van der Waals surface area (Å²) in [5.74, 6) is -1.56. The maximum Gasteiger partial charge on any atom is 0.352 e. The Morgan fingerprint density at radius 1 is 1.18 bits per heavy atom. The van der Waals surface area contributed by atoms with E-state index in [1.807, 2.05) is 12.1 Å². The number of allylic oxidation sites excluding steroid dienone is 1. The highest BCUT2D eigenvalue weighted by Crippen LogP contribution is 2.19. The first-order valence-corrected chi connectivity index (χ1v) is 5.69. The molecule has 5 heteroatoms. The molecule has 1 aromatic carbocycles. The lowest BCUT2D eigenvalue weighted by Crippen LogP contribution is -2.25. The molecule has 0 radical (unpaired) electrons. The lowest BCUT2D eigenvalue weighted by Gasteiger charge is -2.09. The molecule has 0 spiro atoms. The number of benzene rings is 1. The average molecular weight is 298 g/mol. The Hall–Kier alpha value is -1.62. The van der Waals surface area contributed by atoms with Crippen LogP contribution in [0.1, 0.15) is 19.4 Å². The number of hydrogen-bond donors (Lipinski definition) is 2. The Balaban J connectivity index is 3.19. The van der Waals surface area contributed by atoms with Gasteiger partial charge in [0.05, 0.1) is 0 Å². The van der Waals surface area contributed by atoms with Gasteiger partial charge in [0.15, 0.2) is 0 Å². The van der Waals surface area contributed by atoms with Gasteiger partial charge in [0.25, 0.3) is 0 Å². The fourth-order valence-electron chi connectivity index (χ4n) is 1.33. The number of carbonyl (C=O) groups excluding carboxylic acids is 1. The fourth-order valence-corrected chi connectivity index (χ4v) is 1.59. The molecular formula is C12H12BrNO3. The smallest absolute Gasteiger partial charge is 0.352 e. The van der Waals surface area contributed by atoms with E-state index in [2.05, 4.69) is 21.2 Å². The molecule has 90 valence electrons. The second-order valence-electron chi connectivity index (χ2n) is 3.49. The van der Waals surface area contributed by atoms with E-state index in [0.717, 1.165) is 10.0 Å². The summed E-state index contributed by atoms with van der Waals surface area (Å²) in [4.78, 5) is 22.0. The predicted molar refractivity (Wildman–Crippen MR) is 68.2 cm³/mol. The number of rotatable bonds is 3. The summed E-state index contributed by atoms with van der Waals surface area (Å²) in [5, 5.41) is 11.3. The van der Waals surface area contributed by atoms with Crippen LogP contribution in [0.5, 0.6) is 0 Å². The van der Waals surface area contributed by atoms with Crippen LogP contribution in [0.4, 0.5) is 0 Å². The van der Waals surface area contributed by atoms with Gasteiger partial charge >= 0.3 is 5.97 Å². The van der Waals surface area contributed by atoms with Crippen molar-refractivity contribution >= 4 is 33.4 Å². The van der Waals surface area contributed by atoms with Crippen molar-refractivity contribution in [1.29, 1.82) is 0 Å². The monoisotopic (exact) mass is 297 g/mol. The van der Waals surface area contributed by atoms with Crippen molar-refractivity contribution in [3.05, 3.63) is 40.0 Å². The second-order valence-corrected chi connectivity index (χ2v) is 4.41. The number of carboxylic acid groups (broad SMARTS) is 1. The van der Waals surface area contributed by atoms with Crippen LogP contribution in [-0.2, 0) is 9.59 Å². The summed E-state index contributed by atoms with van der Waals surface area (Å²) in [6.07, 6.45) is 0. The Kier molecular flexibility index (Phi) is 4.45. The van der Waals surface area contributed by atoms with E-state index >= 15 is 0 Å². The first-order chi connectivity index (χ1) is 7.91. The van der Waals surface area contributed by atoms with Crippen molar-refractivity contribution in [2.75, 3.05) is 0 Å². The molecule has 0 aliphatic carbocycles. The van der Waals surface area contributed by atoms with Crippen LogP contribution in [0, 0.1) is 0 Å². The van der Waals surface area contributed by atoms with Crippen LogP contribution in [0.15, 0.2) is 34.4 Å². The van der Waals surface area contributed by atoms with E-state index in [-0.39, 0.29) is 5.70 Å². The molecular weight excluding hydrogens is 286 g/mol. The highest BCUT2D eigenvalue weighted by Gasteiger charge is 2.13. The van der Waals surface area contributed by atoms with Crippen LogP contribution in [0.25, 0.3) is 5.57 Å². The molecule has 0 heterocycles. The molecule has 0 saturated heterocycles. The van der Waals surface area contributed by atoms with Gasteiger partial charge in [0, 0.05) is 11.4 Å². The molecule has 1 rings (SSSR count). The summed E-state index contributed by atoms with van der Waals surface area (Å²) < 4.78 is 0.908. The standard InChI is InChI=1S/C12H12BrNO3/c1-7(9-3-5-10(13)6-4-9)11(12(16)17)14-8(2)15/h3-6H,1-2H3,(H,14,15)(H,16,17). The number of carboxylic acids is 1. The van der Waals surface area contributed by atoms with Gasteiger partial charge in [-0.25, -0.2) is 4.79 Å². The van der Waals surface area contributed by atoms with Crippen LogP contribution >= 0.6 is 15.9 Å². The first-order valence-electron chi connectivity index (χ1n) is 4.89. The zero-order valence-corrected chi connectivity index (χ0v) is 11.0. The number of halogens is 1. The maximum atomic E-state index is 11.0. The molecule has 0 atom stereocenters. The van der Waals surface area contributed by atoms with Crippen molar-refractivity contribution in [2.45, 2.75) is 13.8 Å². The van der Waals surface area contributed by atoms with Crippen LogP contribution in [-0.4, -0.2) is 17.0 Å². The molecule has 0 unspecified atom stereocenters. The largest absolute Gasteiger partial charge is 0.477 e. The van der Waals surface area contributed by atoms with Gasteiger partial charge in [0.2, 0.25) is 5.91 Å². The molecule has 0 fully saturated rings. The van der Waals surface area contributed by atoms with Gasteiger partial charge in [-0.3, -0.25) is 4.79 Å². The molecule has 0 aliphatic heterocycles. The maximum absolute atomic E-state index is 11.0. The molecule has 17 heavy (non-hydrogen) atoms. The Bertz CT molecular complexity index is 477. The number of nitrogens with one attached hydrogen (secondary N) is 1. The minimum atomic E-state index is -1.15. The van der Waals surface area contributed by atoms with Gasteiger partial charge < -0.3 is 10.4 Å². The topological polar surface area (TPSA) is 66.4 Å². The summed E-state index contributed by atoms with van der Waals surface area (Å²) in [6, 6.07) is 7.19. The Morgan fingerprint density at radius 3 is 2.12 bits per heavy atom. The number of carbonyl (C=O) groups is 2. The Labute approximate surface area is 107 Å². The first kappa shape index (κ1) is 13.4. The van der Waals surface area contributed by atoms with Crippen LogP contribution in [0.3, 0.4) is 0 Å². The molecule has 4 nitrogen and oxygen atoms in total. The zero-order chi connectivity index (χ0) is 13.0. The van der Waals surface area contributed by atoms with Crippen LogP contribution in [0.2, 0.25) is 0 Å². The van der Waals surface area contributed by atoms with Crippen molar-refractivity contribution in [2.24, 2.45) is 0 Å². The summed E-state index contributed by atoms with van der Waals surface area (Å²) >= 11 is 3.30. The minimum absolute atomic E-state index is 0.0974. The molecule has 0 aromatic heterocycles. The van der Waals surface area contributed by atoms with Crippen molar-refractivity contribution < 1.29 is 14.7 Å². The number of hydrogen-bond acceptors (Lipinski definition) is 2. The molecule has 0 saturated carbocycles. The zero-order valence-electron chi connectivity index (χ0n) is 9.45. The lowest BCUT2D eigenvalue weighted by atomic mass is 10.1. The van der Waals surface area contributed by atoms with E-state index in [9.17, 15) is 9.59 Å². The third-order valence-corrected chi connectivity index (χ3v) is 2.70. The van der Waals surface area contributed by atoms with Crippen molar-refractivity contribution in [1.82, 2.24) is 5.32 Å². The SMILES string of the molecule is CC(=O)NC(C(=O)O)=C(C)c1ccc(Br)cc1. The van der Waals surface area contributed by atoms with Gasteiger partial charge in [-0.2, -0.15) is 0 Å². The minimum Gasteiger partial charge on any atom is -0.477 e. The quantitative estimate of drug-likeness (QED) is 0.842. The van der Waals surface area contributed by atoms with Gasteiger partial charge in [0.1, 0.15) is 5.70 Å². The highest BCUT2D eigenvalue weighted by atomic mass is 79.9.